The van der Waals surface area contributed by atoms with Gasteiger partial charge in [-0.3, -0.25) is 4.79 Å². The molecule has 0 aliphatic carbocycles. The molecule has 0 saturated carbocycles. The lowest BCUT2D eigenvalue weighted by atomic mass is 10.1. The lowest BCUT2D eigenvalue weighted by Crippen LogP contribution is -2.03. The minimum absolute atomic E-state index is 0.149. The highest BCUT2D eigenvalue weighted by Gasteiger charge is 2.09. The van der Waals surface area contributed by atoms with Crippen LogP contribution in [0.3, 0.4) is 0 Å². The van der Waals surface area contributed by atoms with Crippen LogP contribution in [0.15, 0.2) is 27.4 Å². The predicted octanol–water partition coefficient (Wildman–Crippen LogP) is 1.30. The fraction of sp³-hybridized carbons (Fsp3) is 0.182. The van der Waals surface area contributed by atoms with E-state index in [-0.39, 0.29) is 23.5 Å². The summed E-state index contributed by atoms with van der Waals surface area (Å²) >= 11 is 0. The largest absolute Gasteiger partial charge is 0.502 e. The van der Waals surface area contributed by atoms with E-state index in [1.807, 2.05) is 0 Å². The summed E-state index contributed by atoms with van der Waals surface area (Å²) in [5.74, 6) is -0.179. The van der Waals surface area contributed by atoms with Gasteiger partial charge in [-0.2, -0.15) is 0 Å². The van der Waals surface area contributed by atoms with Gasteiger partial charge in [-0.15, -0.1) is 0 Å². The molecule has 1 aromatic heterocycles. The van der Waals surface area contributed by atoms with Crippen LogP contribution in [-0.4, -0.2) is 10.2 Å². The molecule has 0 aliphatic rings. The highest BCUT2D eigenvalue weighted by Crippen LogP contribution is 2.19. The van der Waals surface area contributed by atoms with Gasteiger partial charge in [-0.25, -0.2) is 0 Å². The van der Waals surface area contributed by atoms with Gasteiger partial charge in [0.2, 0.25) is 11.2 Å². The van der Waals surface area contributed by atoms with E-state index in [1.165, 1.54) is 13.0 Å². The molecule has 0 saturated heterocycles. The van der Waals surface area contributed by atoms with Crippen molar-refractivity contribution in [2.45, 2.75) is 13.5 Å². The number of aliphatic hydroxyl groups excluding tert-OH is 1. The zero-order valence-electron chi connectivity index (χ0n) is 8.15. The van der Waals surface area contributed by atoms with E-state index in [1.54, 1.807) is 12.1 Å². The fourth-order valence-electron chi connectivity index (χ4n) is 1.44. The SMILES string of the molecule is Cc1oc2ccc(CO)cc2c(=O)c1O. The third-order valence-electron chi connectivity index (χ3n) is 2.28. The van der Waals surface area contributed by atoms with Gasteiger partial charge in [-0.1, -0.05) is 6.07 Å². The van der Waals surface area contributed by atoms with Crippen LogP contribution in [0, 0.1) is 6.92 Å². The third-order valence-corrected chi connectivity index (χ3v) is 2.28. The van der Waals surface area contributed by atoms with Crippen molar-refractivity contribution < 1.29 is 14.6 Å². The Kier molecular flexibility index (Phi) is 2.21. The summed E-state index contributed by atoms with van der Waals surface area (Å²) in [6.45, 7) is 1.38. The molecule has 2 aromatic rings. The third kappa shape index (κ3) is 1.49. The van der Waals surface area contributed by atoms with Crippen LogP contribution in [-0.2, 0) is 6.61 Å². The first kappa shape index (κ1) is 9.73. The second-order valence-corrected chi connectivity index (χ2v) is 3.32. The average Bonchev–Trinajstić information content (AvgIpc) is 2.26. The summed E-state index contributed by atoms with van der Waals surface area (Å²) in [5, 5.41) is 18.6. The first-order chi connectivity index (χ1) is 7.13. The van der Waals surface area contributed by atoms with Gasteiger partial charge in [-0.05, 0) is 24.6 Å². The first-order valence-electron chi connectivity index (χ1n) is 4.49. The summed E-state index contributed by atoms with van der Waals surface area (Å²) in [6.07, 6.45) is 0. The highest BCUT2D eigenvalue weighted by atomic mass is 16.4. The molecular formula is C11H10O4. The van der Waals surface area contributed by atoms with E-state index < -0.39 is 5.43 Å². The number of aromatic hydroxyl groups is 1. The van der Waals surface area contributed by atoms with E-state index in [9.17, 15) is 9.90 Å². The minimum Gasteiger partial charge on any atom is -0.502 e. The molecule has 0 spiro atoms. The maximum Gasteiger partial charge on any atom is 0.234 e. The Morgan fingerprint density at radius 3 is 2.80 bits per heavy atom. The molecule has 0 amide bonds. The van der Waals surface area contributed by atoms with Gasteiger partial charge in [0, 0.05) is 0 Å². The van der Waals surface area contributed by atoms with Crippen molar-refractivity contribution >= 4 is 11.0 Å². The van der Waals surface area contributed by atoms with Crippen LogP contribution >= 0.6 is 0 Å². The summed E-state index contributed by atoms with van der Waals surface area (Å²) in [4.78, 5) is 11.6. The molecule has 15 heavy (non-hydrogen) atoms. The number of rotatable bonds is 1. The van der Waals surface area contributed by atoms with Crippen LogP contribution in [0.2, 0.25) is 0 Å². The molecule has 4 heteroatoms. The lowest BCUT2D eigenvalue weighted by Gasteiger charge is -2.02. The molecule has 2 rings (SSSR count). The monoisotopic (exact) mass is 206 g/mol. The van der Waals surface area contributed by atoms with Gasteiger partial charge in [0.25, 0.3) is 0 Å². The van der Waals surface area contributed by atoms with Gasteiger partial charge in [0.1, 0.15) is 11.3 Å². The van der Waals surface area contributed by atoms with Gasteiger partial charge in [0.15, 0.2) is 0 Å². The standard InChI is InChI=1S/C11H10O4/c1-6-10(13)11(14)8-4-7(5-12)2-3-9(8)15-6/h2-4,12-13H,5H2,1H3. The molecule has 78 valence electrons. The number of hydrogen-bond donors (Lipinski definition) is 2. The van der Waals surface area contributed by atoms with Crippen molar-refractivity contribution in [3.05, 3.63) is 39.7 Å². The zero-order chi connectivity index (χ0) is 11.0. The molecule has 1 heterocycles. The van der Waals surface area contributed by atoms with Crippen LogP contribution < -0.4 is 5.43 Å². The van der Waals surface area contributed by atoms with E-state index in [0.717, 1.165) is 0 Å². The number of hydrogen-bond acceptors (Lipinski definition) is 4. The minimum atomic E-state index is -0.468. The molecule has 0 fully saturated rings. The Morgan fingerprint density at radius 2 is 2.13 bits per heavy atom. The molecular weight excluding hydrogens is 196 g/mol. The molecule has 4 nitrogen and oxygen atoms in total. The molecule has 0 aliphatic heterocycles. The second kappa shape index (κ2) is 3.40. The van der Waals surface area contributed by atoms with Crippen LogP contribution in [0.5, 0.6) is 5.75 Å². The lowest BCUT2D eigenvalue weighted by molar-refractivity contribution is 0.282. The Bertz CT molecular complexity index is 569. The highest BCUT2D eigenvalue weighted by molar-refractivity contribution is 5.78. The molecule has 0 radical (unpaired) electrons. The molecule has 1 aromatic carbocycles. The maximum absolute atomic E-state index is 11.6. The van der Waals surface area contributed by atoms with E-state index in [0.29, 0.717) is 11.1 Å². The van der Waals surface area contributed by atoms with Crippen LogP contribution in [0.4, 0.5) is 0 Å². The van der Waals surface area contributed by atoms with Crippen molar-refractivity contribution in [2.75, 3.05) is 0 Å². The van der Waals surface area contributed by atoms with E-state index in [2.05, 4.69) is 0 Å². The summed E-state index contributed by atoms with van der Waals surface area (Å²) in [6, 6.07) is 4.79. The second-order valence-electron chi connectivity index (χ2n) is 3.32. The molecule has 0 atom stereocenters. The topological polar surface area (TPSA) is 70.7 Å². The summed E-state index contributed by atoms with van der Waals surface area (Å²) in [5.41, 5.74) is 0.551. The number of fused-ring (bicyclic) bond motifs is 1. The number of aryl methyl sites for hydroxylation is 1. The maximum atomic E-state index is 11.6. The Balaban J connectivity index is 2.88. The zero-order valence-corrected chi connectivity index (χ0v) is 8.15. The van der Waals surface area contributed by atoms with Crippen molar-refractivity contribution in [1.29, 1.82) is 0 Å². The summed E-state index contributed by atoms with van der Waals surface area (Å²) < 4.78 is 5.24. The van der Waals surface area contributed by atoms with Crippen LogP contribution in [0.25, 0.3) is 11.0 Å². The Morgan fingerprint density at radius 1 is 1.40 bits per heavy atom. The predicted molar refractivity (Wildman–Crippen MR) is 54.8 cm³/mol. The normalized spacial score (nSPS) is 10.8. The van der Waals surface area contributed by atoms with Gasteiger partial charge < -0.3 is 14.6 Å². The molecule has 0 bridgehead atoms. The Labute approximate surface area is 85.4 Å². The molecule has 2 N–H and O–H groups in total. The average molecular weight is 206 g/mol. The quantitative estimate of drug-likeness (QED) is 0.737. The van der Waals surface area contributed by atoms with Gasteiger partial charge in [0.05, 0.1) is 12.0 Å². The van der Waals surface area contributed by atoms with Gasteiger partial charge >= 0.3 is 0 Å². The summed E-state index contributed by atoms with van der Waals surface area (Å²) in [7, 11) is 0. The van der Waals surface area contributed by atoms with Crippen LogP contribution in [0.1, 0.15) is 11.3 Å². The van der Waals surface area contributed by atoms with E-state index >= 15 is 0 Å². The molecule has 0 unspecified atom stereocenters. The van der Waals surface area contributed by atoms with Crippen molar-refractivity contribution in [1.82, 2.24) is 0 Å². The Hall–Kier alpha value is -1.81. The van der Waals surface area contributed by atoms with E-state index in [4.69, 9.17) is 9.52 Å². The number of aliphatic hydroxyl groups is 1. The fourth-order valence-corrected chi connectivity index (χ4v) is 1.44. The van der Waals surface area contributed by atoms with Crippen molar-refractivity contribution in [3.63, 3.8) is 0 Å². The van der Waals surface area contributed by atoms with Crippen molar-refractivity contribution in [3.8, 4) is 5.75 Å². The smallest absolute Gasteiger partial charge is 0.234 e. The first-order valence-corrected chi connectivity index (χ1v) is 4.49. The number of benzene rings is 1. The van der Waals surface area contributed by atoms with Crippen molar-refractivity contribution in [2.24, 2.45) is 0 Å².